The lowest BCUT2D eigenvalue weighted by atomic mass is 9.89. The summed E-state index contributed by atoms with van der Waals surface area (Å²) < 4.78 is 5.52. The van der Waals surface area contributed by atoms with Gasteiger partial charge in [-0.2, -0.15) is 0 Å². The van der Waals surface area contributed by atoms with E-state index in [1.807, 2.05) is 26.0 Å². The Balaban J connectivity index is 2.78. The third kappa shape index (κ3) is 2.65. The Hall–Kier alpha value is -1.57. The molecule has 0 aliphatic rings. The summed E-state index contributed by atoms with van der Waals surface area (Å²) >= 11 is 0. The second-order valence-corrected chi connectivity index (χ2v) is 6.47. The number of fused-ring (bicyclic) bond motifs is 1. The molecule has 0 N–H and O–H groups in total. The van der Waals surface area contributed by atoms with Gasteiger partial charge in [0.1, 0.15) is 5.58 Å². The van der Waals surface area contributed by atoms with Crippen LogP contribution in [-0.2, 0) is 0 Å². The molecule has 0 unspecified atom stereocenters. The summed E-state index contributed by atoms with van der Waals surface area (Å²) in [5.74, 6) is 1.07. The molecule has 2 aromatic rings. The maximum absolute atomic E-state index is 12.0. The normalized spacial score (nSPS) is 12.1. The Kier molecular flexibility index (Phi) is 4.03. The van der Waals surface area contributed by atoms with Gasteiger partial charge >= 0.3 is 5.63 Å². The number of hydrogen-bond acceptors (Lipinski definition) is 2. The van der Waals surface area contributed by atoms with Crippen LogP contribution < -0.4 is 5.63 Å². The summed E-state index contributed by atoms with van der Waals surface area (Å²) in [6.07, 6.45) is 0. The summed E-state index contributed by atoms with van der Waals surface area (Å²) in [7, 11) is 0. The molecule has 0 atom stereocenters. The fourth-order valence-electron chi connectivity index (χ4n) is 2.62. The van der Waals surface area contributed by atoms with E-state index in [1.54, 1.807) is 0 Å². The first-order valence-electron chi connectivity index (χ1n) is 7.42. The predicted molar refractivity (Wildman–Crippen MR) is 84.8 cm³/mol. The van der Waals surface area contributed by atoms with E-state index in [9.17, 15) is 4.79 Å². The molecule has 0 saturated carbocycles. The zero-order chi connectivity index (χ0) is 15.0. The molecule has 1 aromatic heterocycles. The minimum atomic E-state index is -0.209. The van der Waals surface area contributed by atoms with Crippen LogP contribution in [0.2, 0.25) is 0 Å². The first-order valence-corrected chi connectivity index (χ1v) is 7.42. The van der Waals surface area contributed by atoms with Gasteiger partial charge in [0.15, 0.2) is 0 Å². The van der Waals surface area contributed by atoms with Gasteiger partial charge in [0.25, 0.3) is 0 Å². The average molecular weight is 272 g/mol. The Morgan fingerprint density at radius 2 is 1.20 bits per heavy atom. The molecule has 0 fully saturated rings. The minimum Gasteiger partial charge on any atom is -0.423 e. The van der Waals surface area contributed by atoms with Crippen molar-refractivity contribution in [1.82, 2.24) is 0 Å². The van der Waals surface area contributed by atoms with Gasteiger partial charge in [0.05, 0.1) is 0 Å². The maximum atomic E-state index is 12.0. The smallest absolute Gasteiger partial charge is 0.339 e. The van der Waals surface area contributed by atoms with E-state index in [2.05, 4.69) is 33.8 Å². The van der Waals surface area contributed by atoms with Gasteiger partial charge in [-0.25, -0.2) is 4.79 Å². The Bertz CT molecular complexity index is 676. The molecule has 108 valence electrons. The summed E-state index contributed by atoms with van der Waals surface area (Å²) in [6, 6.07) is 6.22. The average Bonchev–Trinajstić information content (AvgIpc) is 2.35. The van der Waals surface area contributed by atoms with Crippen molar-refractivity contribution in [3.63, 3.8) is 0 Å². The van der Waals surface area contributed by atoms with Gasteiger partial charge in [-0.15, -0.1) is 0 Å². The van der Waals surface area contributed by atoms with Gasteiger partial charge in [-0.3, -0.25) is 0 Å². The Morgan fingerprint density at radius 3 is 1.70 bits per heavy atom. The molecule has 0 spiro atoms. The van der Waals surface area contributed by atoms with Crippen molar-refractivity contribution < 1.29 is 4.42 Å². The fraction of sp³-hybridized carbons (Fsp3) is 0.500. The lowest BCUT2D eigenvalue weighted by Crippen LogP contribution is -2.09. The highest BCUT2D eigenvalue weighted by molar-refractivity contribution is 5.79. The first-order chi connectivity index (χ1) is 9.31. The van der Waals surface area contributed by atoms with E-state index in [1.165, 1.54) is 11.1 Å². The lowest BCUT2D eigenvalue weighted by molar-refractivity contribution is 0.543. The molecule has 1 heterocycles. The number of benzene rings is 1. The summed E-state index contributed by atoms with van der Waals surface area (Å²) in [5, 5.41) is 1.03. The molecular weight excluding hydrogens is 248 g/mol. The van der Waals surface area contributed by atoms with E-state index in [-0.39, 0.29) is 11.5 Å². The molecule has 1 aromatic carbocycles. The Morgan fingerprint density at radius 1 is 0.750 bits per heavy atom. The standard InChI is InChI=1S/C18H24O2/c1-10(2)14-7-13-8-16(12(5)6)18(19)20-17(13)9-15(14)11(3)4/h7-12H,1-6H3. The monoisotopic (exact) mass is 272 g/mol. The summed E-state index contributed by atoms with van der Waals surface area (Å²) in [5.41, 5.74) is 3.86. The SMILES string of the molecule is CC(C)c1cc2cc(C(C)C)c(=O)oc2cc1C(C)C. The topological polar surface area (TPSA) is 30.2 Å². The largest absolute Gasteiger partial charge is 0.423 e. The molecule has 0 radical (unpaired) electrons. The molecular formula is C18H24O2. The molecule has 0 aliphatic carbocycles. The predicted octanol–water partition coefficient (Wildman–Crippen LogP) is 5.16. The van der Waals surface area contributed by atoms with Crippen molar-refractivity contribution in [3.05, 3.63) is 45.3 Å². The molecule has 0 bridgehead atoms. The van der Waals surface area contributed by atoms with E-state index in [0.29, 0.717) is 17.4 Å². The first kappa shape index (κ1) is 14.8. The van der Waals surface area contributed by atoms with Gasteiger partial charge in [0.2, 0.25) is 0 Å². The minimum absolute atomic E-state index is 0.183. The van der Waals surface area contributed by atoms with E-state index >= 15 is 0 Å². The zero-order valence-electron chi connectivity index (χ0n) is 13.3. The van der Waals surface area contributed by atoms with Gasteiger partial charge < -0.3 is 4.42 Å². The molecule has 0 amide bonds. The third-order valence-corrected chi connectivity index (χ3v) is 3.83. The van der Waals surface area contributed by atoms with Crippen molar-refractivity contribution in [2.75, 3.05) is 0 Å². The van der Waals surface area contributed by atoms with Crippen LogP contribution in [0.15, 0.2) is 27.4 Å². The van der Waals surface area contributed by atoms with Crippen LogP contribution in [0, 0.1) is 0 Å². The van der Waals surface area contributed by atoms with Crippen molar-refractivity contribution in [3.8, 4) is 0 Å². The molecule has 2 nitrogen and oxygen atoms in total. The van der Waals surface area contributed by atoms with E-state index < -0.39 is 0 Å². The van der Waals surface area contributed by atoms with Crippen LogP contribution in [0.4, 0.5) is 0 Å². The van der Waals surface area contributed by atoms with Crippen molar-refractivity contribution in [1.29, 1.82) is 0 Å². The fourth-order valence-corrected chi connectivity index (χ4v) is 2.62. The summed E-state index contributed by atoms with van der Waals surface area (Å²) in [4.78, 5) is 12.0. The van der Waals surface area contributed by atoms with E-state index in [0.717, 1.165) is 10.9 Å². The lowest BCUT2D eigenvalue weighted by Gasteiger charge is -2.17. The van der Waals surface area contributed by atoms with Gasteiger partial charge in [-0.05, 0) is 47.1 Å². The van der Waals surface area contributed by atoms with Gasteiger partial charge in [0, 0.05) is 10.9 Å². The second kappa shape index (κ2) is 5.43. The molecule has 2 rings (SSSR count). The highest BCUT2D eigenvalue weighted by Crippen LogP contribution is 2.31. The van der Waals surface area contributed by atoms with Crippen molar-refractivity contribution in [2.45, 2.75) is 59.3 Å². The molecule has 0 aliphatic heterocycles. The number of hydrogen-bond donors (Lipinski definition) is 0. The van der Waals surface area contributed by atoms with Crippen molar-refractivity contribution in [2.24, 2.45) is 0 Å². The van der Waals surface area contributed by atoms with Crippen LogP contribution in [0.5, 0.6) is 0 Å². The van der Waals surface area contributed by atoms with Crippen LogP contribution >= 0.6 is 0 Å². The van der Waals surface area contributed by atoms with Gasteiger partial charge in [-0.1, -0.05) is 41.5 Å². The van der Waals surface area contributed by atoms with Crippen LogP contribution in [0.3, 0.4) is 0 Å². The molecule has 0 saturated heterocycles. The quantitative estimate of drug-likeness (QED) is 0.722. The van der Waals surface area contributed by atoms with Crippen LogP contribution in [0.25, 0.3) is 11.0 Å². The molecule has 20 heavy (non-hydrogen) atoms. The zero-order valence-corrected chi connectivity index (χ0v) is 13.3. The molecule has 2 heteroatoms. The number of rotatable bonds is 3. The van der Waals surface area contributed by atoms with E-state index in [4.69, 9.17) is 4.42 Å². The Labute approximate surface area is 120 Å². The highest BCUT2D eigenvalue weighted by atomic mass is 16.4. The summed E-state index contributed by atoms with van der Waals surface area (Å²) in [6.45, 7) is 12.8. The highest BCUT2D eigenvalue weighted by Gasteiger charge is 2.15. The van der Waals surface area contributed by atoms with Crippen molar-refractivity contribution >= 4 is 11.0 Å². The van der Waals surface area contributed by atoms with Crippen LogP contribution in [0.1, 0.15) is 76.0 Å². The van der Waals surface area contributed by atoms with Crippen LogP contribution in [-0.4, -0.2) is 0 Å². The maximum Gasteiger partial charge on any atom is 0.339 e. The second-order valence-electron chi connectivity index (χ2n) is 6.47. The third-order valence-electron chi connectivity index (χ3n) is 3.83.